The van der Waals surface area contributed by atoms with E-state index in [0.717, 1.165) is 12.1 Å². The molecule has 0 atom stereocenters. The molecule has 0 aliphatic carbocycles. The van der Waals surface area contributed by atoms with Crippen LogP contribution in [0.1, 0.15) is 17.3 Å². The van der Waals surface area contributed by atoms with Gasteiger partial charge in [-0.05, 0) is 24.3 Å². The summed E-state index contributed by atoms with van der Waals surface area (Å²) < 4.78 is 44.8. The van der Waals surface area contributed by atoms with Gasteiger partial charge in [0.2, 0.25) is 11.8 Å². The predicted molar refractivity (Wildman–Crippen MR) is 77.2 cm³/mol. The fraction of sp³-hybridized carbons (Fsp3) is 0.214. The fourth-order valence-electron chi connectivity index (χ4n) is 1.93. The molecule has 0 radical (unpaired) electrons. The molecule has 0 N–H and O–H groups in total. The zero-order valence-corrected chi connectivity index (χ0v) is 12.7. The van der Waals surface area contributed by atoms with Crippen molar-refractivity contribution in [3.05, 3.63) is 54.0 Å². The Hall–Kier alpha value is -2.29. The van der Waals surface area contributed by atoms with E-state index in [1.165, 1.54) is 23.9 Å². The Kier molecular flexibility index (Phi) is 4.12. The van der Waals surface area contributed by atoms with Gasteiger partial charge >= 0.3 is 6.18 Å². The first-order chi connectivity index (χ1) is 10.9. The molecule has 0 bridgehead atoms. The molecule has 1 aromatic carbocycles. The summed E-state index contributed by atoms with van der Waals surface area (Å²) in [6, 6.07) is 4.91. The Balaban J connectivity index is 1.77. The van der Waals surface area contributed by atoms with Gasteiger partial charge in [0.1, 0.15) is 0 Å². The third-order valence-electron chi connectivity index (χ3n) is 2.97. The predicted octanol–water partition coefficient (Wildman–Crippen LogP) is 3.87. The molecule has 0 aliphatic rings. The molecule has 0 saturated heterocycles. The van der Waals surface area contributed by atoms with Gasteiger partial charge in [0.25, 0.3) is 0 Å². The molecular formula is C14H11F3N4OS. The average Bonchev–Trinajstić information content (AvgIpc) is 3.13. The number of aryl methyl sites for hydroxylation is 1. The maximum absolute atomic E-state index is 12.6. The van der Waals surface area contributed by atoms with E-state index < -0.39 is 11.7 Å². The number of alkyl halides is 3. The molecule has 0 unspecified atom stereocenters. The second-order valence-corrected chi connectivity index (χ2v) is 5.57. The van der Waals surface area contributed by atoms with E-state index >= 15 is 0 Å². The summed E-state index contributed by atoms with van der Waals surface area (Å²) in [6.07, 6.45) is -1.08. The average molecular weight is 340 g/mol. The first-order valence-corrected chi connectivity index (χ1v) is 7.55. The van der Waals surface area contributed by atoms with Gasteiger partial charge in [-0.3, -0.25) is 4.57 Å². The lowest BCUT2D eigenvalue weighted by Crippen LogP contribution is -2.05. The third-order valence-corrected chi connectivity index (χ3v) is 3.92. The minimum Gasteiger partial charge on any atom is -0.425 e. The van der Waals surface area contributed by atoms with Gasteiger partial charge in [-0.15, -0.1) is 10.2 Å². The van der Waals surface area contributed by atoms with Crippen LogP contribution in [0.2, 0.25) is 0 Å². The summed E-state index contributed by atoms with van der Waals surface area (Å²) >= 11 is 1.36. The normalized spacial score (nSPS) is 11.8. The van der Waals surface area contributed by atoms with Crippen LogP contribution in [0.25, 0.3) is 5.69 Å². The molecule has 0 amide bonds. The highest BCUT2D eigenvalue weighted by atomic mass is 32.2. The van der Waals surface area contributed by atoms with E-state index in [-0.39, 0.29) is 0 Å². The first kappa shape index (κ1) is 15.6. The molecule has 0 spiro atoms. The van der Waals surface area contributed by atoms with Gasteiger partial charge in [0.15, 0.2) is 5.16 Å². The lowest BCUT2D eigenvalue weighted by molar-refractivity contribution is -0.137. The van der Waals surface area contributed by atoms with Crippen molar-refractivity contribution < 1.29 is 17.6 Å². The van der Waals surface area contributed by atoms with Crippen LogP contribution in [-0.4, -0.2) is 19.7 Å². The number of imidazole rings is 1. The maximum Gasteiger partial charge on any atom is 0.416 e. The Morgan fingerprint density at radius 1 is 1.17 bits per heavy atom. The Bertz CT molecular complexity index is 795. The minimum absolute atomic E-state index is 0.429. The zero-order valence-electron chi connectivity index (χ0n) is 11.9. The molecule has 5 nitrogen and oxygen atoms in total. The highest BCUT2D eigenvalue weighted by molar-refractivity contribution is 7.98. The lowest BCUT2D eigenvalue weighted by atomic mass is 10.2. The lowest BCUT2D eigenvalue weighted by Gasteiger charge is -2.09. The van der Waals surface area contributed by atoms with Crippen molar-refractivity contribution in [1.82, 2.24) is 19.7 Å². The summed E-state index contributed by atoms with van der Waals surface area (Å²) in [7, 11) is 0. The van der Waals surface area contributed by atoms with Crippen LogP contribution in [0.15, 0.2) is 46.2 Å². The van der Waals surface area contributed by atoms with Gasteiger partial charge in [-0.25, -0.2) is 4.98 Å². The van der Waals surface area contributed by atoms with Gasteiger partial charge in [-0.2, -0.15) is 13.2 Å². The molecule has 0 saturated carbocycles. The second kappa shape index (κ2) is 6.07. The molecule has 23 heavy (non-hydrogen) atoms. The molecule has 2 heterocycles. The van der Waals surface area contributed by atoms with Crippen LogP contribution in [0.4, 0.5) is 13.2 Å². The van der Waals surface area contributed by atoms with Crippen molar-refractivity contribution >= 4 is 11.8 Å². The molecule has 0 fully saturated rings. The van der Waals surface area contributed by atoms with Crippen molar-refractivity contribution in [2.45, 2.75) is 24.0 Å². The Morgan fingerprint density at radius 2 is 1.91 bits per heavy atom. The van der Waals surface area contributed by atoms with Gasteiger partial charge in [0.05, 0.1) is 11.3 Å². The van der Waals surface area contributed by atoms with Crippen LogP contribution in [0.5, 0.6) is 0 Å². The highest BCUT2D eigenvalue weighted by Crippen LogP contribution is 2.30. The Morgan fingerprint density at radius 3 is 2.52 bits per heavy atom. The SMILES string of the molecule is Cc1nnc(CSc2nccn2-c2ccc(C(F)(F)F)cc2)o1. The largest absolute Gasteiger partial charge is 0.425 e. The first-order valence-electron chi connectivity index (χ1n) is 6.56. The molecule has 120 valence electrons. The van der Waals surface area contributed by atoms with E-state index in [0.29, 0.717) is 28.4 Å². The highest BCUT2D eigenvalue weighted by Gasteiger charge is 2.30. The zero-order chi connectivity index (χ0) is 16.4. The third kappa shape index (κ3) is 3.55. The molecule has 0 aliphatic heterocycles. The van der Waals surface area contributed by atoms with Crippen molar-refractivity contribution in [3.8, 4) is 5.69 Å². The van der Waals surface area contributed by atoms with Crippen LogP contribution in [0.3, 0.4) is 0 Å². The number of nitrogens with zero attached hydrogens (tertiary/aromatic N) is 4. The summed E-state index contributed by atoms with van der Waals surface area (Å²) in [5, 5.41) is 8.25. The summed E-state index contributed by atoms with van der Waals surface area (Å²) in [6.45, 7) is 1.70. The smallest absolute Gasteiger partial charge is 0.416 e. The van der Waals surface area contributed by atoms with Crippen molar-refractivity contribution in [2.24, 2.45) is 0 Å². The molecular weight excluding hydrogens is 329 g/mol. The maximum atomic E-state index is 12.6. The van der Waals surface area contributed by atoms with Crippen LogP contribution in [-0.2, 0) is 11.9 Å². The van der Waals surface area contributed by atoms with E-state index in [9.17, 15) is 13.2 Å². The van der Waals surface area contributed by atoms with Crippen molar-refractivity contribution in [3.63, 3.8) is 0 Å². The van der Waals surface area contributed by atoms with Crippen LogP contribution >= 0.6 is 11.8 Å². The fourth-order valence-corrected chi connectivity index (χ4v) is 2.74. The molecule has 2 aromatic heterocycles. The number of thioether (sulfide) groups is 1. The standard InChI is InChI=1S/C14H11F3N4OS/c1-9-19-20-12(22-9)8-23-13-18-6-7-21(13)11-4-2-10(3-5-11)14(15,16)17/h2-7H,8H2,1H3. The van der Waals surface area contributed by atoms with Crippen molar-refractivity contribution in [2.75, 3.05) is 0 Å². The van der Waals surface area contributed by atoms with Gasteiger partial charge in [0, 0.05) is 25.0 Å². The van der Waals surface area contributed by atoms with Crippen molar-refractivity contribution in [1.29, 1.82) is 0 Å². The number of hydrogen-bond acceptors (Lipinski definition) is 5. The van der Waals surface area contributed by atoms with Crippen LogP contribution in [0, 0.1) is 6.92 Å². The Labute approximate surface area is 133 Å². The second-order valence-electron chi connectivity index (χ2n) is 4.63. The summed E-state index contributed by atoms with van der Waals surface area (Å²) in [4.78, 5) is 4.20. The number of aromatic nitrogens is 4. The monoisotopic (exact) mass is 340 g/mol. The van der Waals surface area contributed by atoms with Crippen LogP contribution < -0.4 is 0 Å². The van der Waals surface area contributed by atoms with Gasteiger partial charge in [-0.1, -0.05) is 11.8 Å². The molecule has 9 heteroatoms. The molecule has 3 aromatic rings. The summed E-state index contributed by atoms with van der Waals surface area (Å²) in [5.74, 6) is 1.37. The minimum atomic E-state index is -4.35. The number of halogens is 3. The van der Waals surface area contributed by atoms with E-state index in [4.69, 9.17) is 4.42 Å². The van der Waals surface area contributed by atoms with E-state index in [1.54, 1.807) is 23.9 Å². The topological polar surface area (TPSA) is 56.7 Å². The molecule has 3 rings (SSSR count). The number of hydrogen-bond donors (Lipinski definition) is 0. The van der Waals surface area contributed by atoms with E-state index in [1.807, 2.05) is 0 Å². The number of benzene rings is 1. The van der Waals surface area contributed by atoms with Gasteiger partial charge < -0.3 is 4.42 Å². The van der Waals surface area contributed by atoms with E-state index in [2.05, 4.69) is 15.2 Å². The summed E-state index contributed by atoms with van der Waals surface area (Å²) in [5.41, 5.74) is -0.0865. The quantitative estimate of drug-likeness (QED) is 0.675. The number of rotatable bonds is 4.